The summed E-state index contributed by atoms with van der Waals surface area (Å²) in [6, 6.07) is 0.448. The Hall–Kier alpha value is -2.32. The minimum absolute atomic E-state index is 0.128. The third-order valence-corrected chi connectivity index (χ3v) is 3.92. The number of alkyl halides is 3. The van der Waals surface area contributed by atoms with Gasteiger partial charge in [0.15, 0.2) is 5.69 Å². The van der Waals surface area contributed by atoms with Crippen molar-refractivity contribution in [3.8, 4) is 0 Å². The van der Waals surface area contributed by atoms with E-state index in [2.05, 4.69) is 15.4 Å². The van der Waals surface area contributed by atoms with E-state index < -0.39 is 17.8 Å². The molecule has 0 spiro atoms. The van der Waals surface area contributed by atoms with Crippen molar-refractivity contribution < 1.29 is 18.0 Å². The molecule has 0 radical (unpaired) electrons. The Balaban J connectivity index is 1.83. The minimum Gasteiger partial charge on any atom is -0.340 e. The van der Waals surface area contributed by atoms with E-state index in [4.69, 9.17) is 0 Å². The lowest BCUT2D eigenvalue weighted by atomic mass is 10.1. The van der Waals surface area contributed by atoms with Gasteiger partial charge in [0.25, 0.3) is 5.91 Å². The lowest BCUT2D eigenvalue weighted by Crippen LogP contribution is -2.32. The van der Waals surface area contributed by atoms with Crippen LogP contribution in [-0.2, 0) is 20.3 Å². The van der Waals surface area contributed by atoms with Gasteiger partial charge >= 0.3 is 6.18 Å². The van der Waals surface area contributed by atoms with Crippen LogP contribution in [0.25, 0.3) is 0 Å². The van der Waals surface area contributed by atoms with Gasteiger partial charge in [-0.15, -0.1) is 0 Å². The number of halogens is 3. The van der Waals surface area contributed by atoms with E-state index >= 15 is 0 Å². The summed E-state index contributed by atoms with van der Waals surface area (Å²) in [5.74, 6) is 0.366. The molecule has 9 heteroatoms. The predicted molar refractivity (Wildman–Crippen MR) is 74.3 cm³/mol. The fraction of sp³-hybridized carbons (Fsp3) is 0.500. The number of imidazole rings is 1. The first-order chi connectivity index (χ1) is 10.8. The zero-order valence-electron chi connectivity index (χ0n) is 12.6. The zero-order valence-corrected chi connectivity index (χ0v) is 12.6. The smallest absolute Gasteiger partial charge is 0.340 e. The summed E-state index contributed by atoms with van der Waals surface area (Å²) in [5.41, 5.74) is -1.21. The maximum absolute atomic E-state index is 12.7. The number of carbonyl (C=O) groups is 1. The number of rotatable bonds is 4. The lowest BCUT2D eigenvalue weighted by molar-refractivity contribution is -0.141. The first-order valence-corrected chi connectivity index (χ1v) is 7.16. The van der Waals surface area contributed by atoms with Gasteiger partial charge in [0.05, 0.1) is 6.04 Å². The van der Waals surface area contributed by atoms with E-state index in [-0.39, 0.29) is 17.7 Å². The van der Waals surface area contributed by atoms with Crippen molar-refractivity contribution in [1.82, 2.24) is 24.6 Å². The van der Waals surface area contributed by atoms with Gasteiger partial charge in [-0.3, -0.25) is 9.48 Å². The number of carbonyl (C=O) groups excluding carboxylic acids is 1. The molecule has 0 aromatic carbocycles. The van der Waals surface area contributed by atoms with Crippen LogP contribution < -0.4 is 5.32 Å². The fourth-order valence-electron chi connectivity index (χ4n) is 2.53. The van der Waals surface area contributed by atoms with Gasteiger partial charge in [0.2, 0.25) is 0 Å². The molecule has 124 valence electrons. The van der Waals surface area contributed by atoms with Gasteiger partial charge in [-0.25, -0.2) is 4.98 Å². The number of hydrogen-bond acceptors (Lipinski definition) is 3. The van der Waals surface area contributed by atoms with Crippen LogP contribution >= 0.6 is 0 Å². The van der Waals surface area contributed by atoms with Gasteiger partial charge in [-0.1, -0.05) is 0 Å². The first-order valence-electron chi connectivity index (χ1n) is 7.16. The van der Waals surface area contributed by atoms with Gasteiger partial charge in [-0.05, 0) is 18.8 Å². The Bertz CT molecular complexity index is 729. The number of aryl methyl sites for hydroxylation is 2. The van der Waals surface area contributed by atoms with Gasteiger partial charge < -0.3 is 9.88 Å². The molecule has 1 amide bonds. The standard InChI is InChI=1S/C14H16F3N5O/c1-21-6-5-18-12(21)11(8-3-4-8)19-13(23)9-7-10(14(15,16)17)20-22(9)2/h5-8,11H,3-4H2,1-2H3,(H,19,23). The minimum atomic E-state index is -4.58. The van der Waals surface area contributed by atoms with Crippen molar-refractivity contribution in [2.24, 2.45) is 20.0 Å². The molecule has 23 heavy (non-hydrogen) atoms. The van der Waals surface area contributed by atoms with Gasteiger partial charge in [0, 0.05) is 32.6 Å². The second-order valence-corrected chi connectivity index (χ2v) is 5.72. The molecule has 1 unspecified atom stereocenters. The number of hydrogen-bond donors (Lipinski definition) is 1. The van der Waals surface area contributed by atoms with Crippen LogP contribution in [0.4, 0.5) is 13.2 Å². The van der Waals surface area contributed by atoms with E-state index in [0.717, 1.165) is 23.6 Å². The third kappa shape index (κ3) is 3.08. The molecule has 1 aliphatic carbocycles. The predicted octanol–water partition coefficient (Wildman–Crippen LogP) is 2.05. The molecule has 1 fully saturated rings. The molecule has 0 saturated heterocycles. The number of aromatic nitrogens is 4. The summed E-state index contributed by atoms with van der Waals surface area (Å²) >= 11 is 0. The quantitative estimate of drug-likeness (QED) is 0.935. The molecular formula is C14H16F3N5O. The fourth-order valence-corrected chi connectivity index (χ4v) is 2.53. The van der Waals surface area contributed by atoms with Crippen LogP contribution in [0.5, 0.6) is 0 Å². The molecule has 1 N–H and O–H groups in total. The van der Waals surface area contributed by atoms with Crippen molar-refractivity contribution in [3.05, 3.63) is 35.7 Å². The van der Waals surface area contributed by atoms with Crippen LogP contribution in [0.2, 0.25) is 0 Å². The number of nitrogens with zero attached hydrogens (tertiary/aromatic N) is 4. The van der Waals surface area contributed by atoms with Crippen LogP contribution in [0.1, 0.15) is 40.9 Å². The SMILES string of the molecule is Cn1ccnc1C(NC(=O)c1cc(C(F)(F)F)nn1C)C1CC1. The molecule has 0 bridgehead atoms. The maximum atomic E-state index is 12.7. The largest absolute Gasteiger partial charge is 0.435 e. The van der Waals surface area contributed by atoms with Crippen molar-refractivity contribution >= 4 is 5.91 Å². The van der Waals surface area contributed by atoms with E-state index in [1.165, 1.54) is 7.05 Å². The average Bonchev–Trinajstić information content (AvgIpc) is 3.09. The molecule has 6 nitrogen and oxygen atoms in total. The highest BCUT2D eigenvalue weighted by Crippen LogP contribution is 2.40. The van der Waals surface area contributed by atoms with Gasteiger partial charge in [-0.2, -0.15) is 18.3 Å². The first kappa shape index (κ1) is 15.6. The molecule has 0 aliphatic heterocycles. The Morgan fingerprint density at radius 2 is 2.09 bits per heavy atom. The molecule has 1 atom stereocenters. The van der Waals surface area contributed by atoms with Crippen LogP contribution in [0.3, 0.4) is 0 Å². The molecule has 2 aromatic rings. The average molecular weight is 327 g/mol. The van der Waals surface area contributed by atoms with Crippen LogP contribution in [0.15, 0.2) is 18.5 Å². The maximum Gasteiger partial charge on any atom is 0.435 e. The summed E-state index contributed by atoms with van der Waals surface area (Å²) in [5, 5.41) is 6.15. The number of nitrogens with one attached hydrogen (secondary N) is 1. The second kappa shape index (κ2) is 5.39. The molecule has 2 heterocycles. The highest BCUT2D eigenvalue weighted by atomic mass is 19.4. The molecule has 1 saturated carbocycles. The van der Waals surface area contributed by atoms with Crippen molar-refractivity contribution in [2.45, 2.75) is 25.1 Å². The highest BCUT2D eigenvalue weighted by Gasteiger charge is 2.38. The van der Waals surface area contributed by atoms with Crippen molar-refractivity contribution in [1.29, 1.82) is 0 Å². The van der Waals surface area contributed by atoms with E-state index in [1.54, 1.807) is 17.0 Å². The van der Waals surface area contributed by atoms with E-state index in [0.29, 0.717) is 5.82 Å². The van der Waals surface area contributed by atoms with E-state index in [9.17, 15) is 18.0 Å². The molecule has 1 aliphatic rings. The Kier molecular flexibility index (Phi) is 3.65. The zero-order chi connectivity index (χ0) is 16.8. The number of amides is 1. The van der Waals surface area contributed by atoms with Crippen molar-refractivity contribution in [2.75, 3.05) is 0 Å². The topological polar surface area (TPSA) is 64.7 Å². The summed E-state index contributed by atoms with van der Waals surface area (Å²) in [7, 11) is 3.13. The molecular weight excluding hydrogens is 311 g/mol. The van der Waals surface area contributed by atoms with E-state index in [1.807, 2.05) is 7.05 Å². The Labute approximate surface area is 130 Å². The summed E-state index contributed by atoms with van der Waals surface area (Å²) in [6.07, 6.45) is 0.727. The van der Waals surface area contributed by atoms with Crippen molar-refractivity contribution in [3.63, 3.8) is 0 Å². The Morgan fingerprint density at radius 3 is 2.57 bits per heavy atom. The second-order valence-electron chi connectivity index (χ2n) is 5.72. The lowest BCUT2D eigenvalue weighted by Gasteiger charge is -2.18. The summed E-state index contributed by atoms with van der Waals surface area (Å²) < 4.78 is 40.8. The van der Waals surface area contributed by atoms with Crippen LogP contribution in [-0.4, -0.2) is 25.2 Å². The monoisotopic (exact) mass is 327 g/mol. The Morgan fingerprint density at radius 1 is 1.39 bits per heavy atom. The summed E-state index contributed by atoms with van der Waals surface area (Å²) in [6.45, 7) is 0. The van der Waals surface area contributed by atoms with Crippen LogP contribution in [0, 0.1) is 5.92 Å². The van der Waals surface area contributed by atoms with Gasteiger partial charge in [0.1, 0.15) is 11.5 Å². The molecule has 3 rings (SSSR count). The molecule has 2 aromatic heterocycles. The normalized spacial score (nSPS) is 16.4. The third-order valence-electron chi connectivity index (χ3n) is 3.92. The highest BCUT2D eigenvalue weighted by molar-refractivity contribution is 5.93. The summed E-state index contributed by atoms with van der Waals surface area (Å²) in [4.78, 5) is 16.6.